The van der Waals surface area contributed by atoms with Gasteiger partial charge in [-0.25, -0.2) is 8.78 Å². The second-order valence-electron chi connectivity index (χ2n) is 13.5. The highest BCUT2D eigenvalue weighted by atomic mass is 19.1. The molecule has 11 N–H and O–H groups in total. The van der Waals surface area contributed by atoms with Gasteiger partial charge in [0.25, 0.3) is 0 Å². The van der Waals surface area contributed by atoms with Crippen LogP contribution in [-0.2, 0) is 40.0 Å². The maximum absolute atomic E-state index is 14.5. The lowest BCUT2D eigenvalue weighted by Crippen LogP contribution is -2.60. The Morgan fingerprint density at radius 1 is 0.824 bits per heavy atom. The van der Waals surface area contributed by atoms with E-state index >= 15 is 0 Å². The first-order valence-corrected chi connectivity index (χ1v) is 16.7. The van der Waals surface area contributed by atoms with E-state index in [9.17, 15) is 47.4 Å². The quantitative estimate of drug-likeness (QED) is 0.0800. The molecule has 0 radical (unpaired) electrons. The van der Waals surface area contributed by atoms with Crippen molar-refractivity contribution in [2.24, 2.45) is 29.0 Å². The topological polar surface area (TPSA) is 269 Å². The number of aliphatic hydroxyl groups excluding tert-OH is 1. The first-order valence-electron chi connectivity index (χ1n) is 16.7. The standard InChI is InChI=1S/C33H50F2N8O8/c1-16(2)10-22(41-32(50)24(39-29(47)21(36)15-44)13-18-12-19(34)7-8-20(18)35)30(48)40-23(11-17(3)4)31(49)42-25(14-27(37)45)33(51)43-9-5-6-26(43)28(38)46/h7-8,12,16-17,21-26,44H,5-6,9-11,13-15,36H2,1-4H3,(H2,37,45)(H2,38,46)(H,39,47)(H,40,48)(H,41,50)(H,42,49)/t21-,22-,23-,24-,25-,26-/m0/s1. The second kappa shape index (κ2) is 19.6. The van der Waals surface area contributed by atoms with Crippen molar-refractivity contribution in [3.8, 4) is 0 Å². The van der Waals surface area contributed by atoms with Crippen molar-refractivity contribution in [1.29, 1.82) is 0 Å². The highest BCUT2D eigenvalue weighted by Gasteiger charge is 2.39. The molecule has 1 aliphatic rings. The predicted molar refractivity (Wildman–Crippen MR) is 179 cm³/mol. The van der Waals surface area contributed by atoms with Crippen LogP contribution in [0, 0.1) is 23.5 Å². The summed E-state index contributed by atoms with van der Waals surface area (Å²) in [4.78, 5) is 91.8. The van der Waals surface area contributed by atoms with E-state index < -0.39 is 109 Å². The minimum atomic E-state index is -1.57. The Morgan fingerprint density at radius 2 is 1.33 bits per heavy atom. The van der Waals surface area contributed by atoms with Crippen molar-refractivity contribution in [2.75, 3.05) is 13.2 Å². The van der Waals surface area contributed by atoms with Gasteiger partial charge in [-0.2, -0.15) is 0 Å². The maximum Gasteiger partial charge on any atom is 0.246 e. The molecule has 51 heavy (non-hydrogen) atoms. The van der Waals surface area contributed by atoms with Gasteiger partial charge in [0.1, 0.15) is 47.9 Å². The van der Waals surface area contributed by atoms with Gasteiger partial charge in [0.05, 0.1) is 13.0 Å². The van der Waals surface area contributed by atoms with Crippen LogP contribution in [0.4, 0.5) is 8.78 Å². The van der Waals surface area contributed by atoms with Crippen LogP contribution in [0.3, 0.4) is 0 Å². The highest BCUT2D eigenvalue weighted by Crippen LogP contribution is 2.19. The van der Waals surface area contributed by atoms with Gasteiger partial charge < -0.3 is 48.5 Å². The molecule has 6 atom stereocenters. The number of nitrogens with zero attached hydrogens (tertiary/aromatic N) is 1. The molecule has 1 aromatic carbocycles. The molecule has 1 heterocycles. The van der Waals surface area contributed by atoms with E-state index in [1.807, 2.05) is 0 Å². The summed E-state index contributed by atoms with van der Waals surface area (Å²) in [6.45, 7) is 6.43. The number of carbonyl (C=O) groups excluding carboxylic acids is 7. The fraction of sp³-hybridized carbons (Fsp3) is 0.606. The molecule has 1 fully saturated rings. The van der Waals surface area contributed by atoms with Crippen LogP contribution in [0.15, 0.2) is 18.2 Å². The zero-order valence-electron chi connectivity index (χ0n) is 29.2. The zero-order valence-corrected chi connectivity index (χ0v) is 29.2. The summed E-state index contributed by atoms with van der Waals surface area (Å²) < 4.78 is 28.5. The largest absolute Gasteiger partial charge is 0.394 e. The highest BCUT2D eigenvalue weighted by molar-refractivity contribution is 5.98. The van der Waals surface area contributed by atoms with E-state index in [0.29, 0.717) is 12.8 Å². The van der Waals surface area contributed by atoms with Crippen LogP contribution in [0.2, 0.25) is 0 Å². The van der Waals surface area contributed by atoms with Gasteiger partial charge in [-0.1, -0.05) is 27.7 Å². The van der Waals surface area contributed by atoms with Crippen LogP contribution < -0.4 is 38.5 Å². The summed E-state index contributed by atoms with van der Waals surface area (Å²) in [5.41, 5.74) is 16.1. The SMILES string of the molecule is CC(C)C[C@H](NC(=O)[C@H](Cc1cc(F)ccc1F)NC(=O)[C@@H](N)CO)C(=O)N[C@@H](CC(C)C)C(=O)N[C@@H](CC(N)=O)C(=O)N1CCC[C@H]1C(N)=O. The Morgan fingerprint density at radius 3 is 1.82 bits per heavy atom. The molecule has 7 amide bonds. The van der Waals surface area contributed by atoms with E-state index in [1.165, 1.54) is 4.90 Å². The van der Waals surface area contributed by atoms with Gasteiger partial charge in [-0.15, -0.1) is 0 Å². The molecule has 0 saturated carbocycles. The number of rotatable bonds is 19. The molecule has 1 aliphatic heterocycles. The van der Waals surface area contributed by atoms with Gasteiger partial charge >= 0.3 is 0 Å². The van der Waals surface area contributed by atoms with Crippen LogP contribution in [-0.4, -0.2) is 101 Å². The summed E-state index contributed by atoms with van der Waals surface area (Å²) >= 11 is 0. The lowest BCUT2D eigenvalue weighted by atomic mass is 9.98. The smallest absolute Gasteiger partial charge is 0.246 e. The van der Waals surface area contributed by atoms with Crippen molar-refractivity contribution in [3.63, 3.8) is 0 Å². The number of nitrogens with one attached hydrogen (secondary N) is 4. The number of hydrogen-bond acceptors (Lipinski definition) is 9. The molecule has 0 aliphatic carbocycles. The third-order valence-corrected chi connectivity index (χ3v) is 8.16. The lowest BCUT2D eigenvalue weighted by molar-refractivity contribution is -0.142. The second-order valence-corrected chi connectivity index (χ2v) is 13.5. The van der Waals surface area contributed by atoms with Gasteiger partial charge in [0.15, 0.2) is 0 Å². The summed E-state index contributed by atoms with van der Waals surface area (Å²) in [5.74, 6) is -8.05. The van der Waals surface area contributed by atoms with E-state index in [1.54, 1.807) is 27.7 Å². The maximum atomic E-state index is 14.5. The number of primary amides is 2. The monoisotopic (exact) mass is 724 g/mol. The summed E-state index contributed by atoms with van der Waals surface area (Å²) in [6.07, 6.45) is -0.270. The molecule has 2 rings (SSSR count). The molecule has 0 bridgehead atoms. The fourth-order valence-electron chi connectivity index (χ4n) is 5.64. The van der Waals surface area contributed by atoms with Gasteiger partial charge in [-0.3, -0.25) is 33.6 Å². The Hall–Kier alpha value is -4.71. The Kier molecular flexibility index (Phi) is 16.3. The van der Waals surface area contributed by atoms with E-state index in [0.717, 1.165) is 18.2 Å². The number of likely N-dealkylation sites (tertiary alicyclic amines) is 1. The number of benzene rings is 1. The van der Waals surface area contributed by atoms with E-state index in [-0.39, 0.29) is 36.8 Å². The number of carbonyl (C=O) groups is 7. The molecule has 0 spiro atoms. The minimum absolute atomic E-state index is 0.0327. The van der Waals surface area contributed by atoms with Crippen molar-refractivity contribution < 1.29 is 47.4 Å². The van der Waals surface area contributed by atoms with Crippen molar-refractivity contribution in [3.05, 3.63) is 35.4 Å². The first-order chi connectivity index (χ1) is 23.8. The van der Waals surface area contributed by atoms with Gasteiger partial charge in [0.2, 0.25) is 41.4 Å². The van der Waals surface area contributed by atoms with Crippen molar-refractivity contribution in [1.82, 2.24) is 26.2 Å². The Labute approximate surface area is 295 Å². The predicted octanol–water partition coefficient (Wildman–Crippen LogP) is -1.79. The number of nitrogens with two attached hydrogens (primary N) is 3. The molecule has 1 aromatic rings. The van der Waals surface area contributed by atoms with Gasteiger partial charge in [0, 0.05) is 13.0 Å². The Balaban J connectivity index is 2.35. The molecule has 18 heteroatoms. The third kappa shape index (κ3) is 13.2. The molecular weight excluding hydrogens is 674 g/mol. The molecule has 16 nitrogen and oxygen atoms in total. The number of aliphatic hydroxyl groups is 1. The molecular formula is C33H50F2N8O8. The third-order valence-electron chi connectivity index (χ3n) is 8.16. The molecule has 1 saturated heterocycles. The van der Waals surface area contributed by atoms with E-state index in [4.69, 9.17) is 17.2 Å². The average molecular weight is 725 g/mol. The normalized spacial score (nSPS) is 17.2. The van der Waals surface area contributed by atoms with Crippen molar-refractivity contribution >= 4 is 41.4 Å². The van der Waals surface area contributed by atoms with Crippen LogP contribution in [0.25, 0.3) is 0 Å². The molecule has 0 unspecified atom stereocenters. The number of amides is 7. The molecule has 0 aromatic heterocycles. The number of halogens is 2. The zero-order chi connectivity index (χ0) is 38.6. The fourth-order valence-corrected chi connectivity index (χ4v) is 5.64. The molecule has 284 valence electrons. The summed E-state index contributed by atoms with van der Waals surface area (Å²) in [5, 5.41) is 19.2. The first kappa shape index (κ1) is 42.5. The average Bonchev–Trinajstić information content (AvgIpc) is 3.54. The summed E-state index contributed by atoms with van der Waals surface area (Å²) in [6, 6.07) is -5.44. The Bertz CT molecular complexity index is 1450. The minimum Gasteiger partial charge on any atom is -0.394 e. The van der Waals surface area contributed by atoms with Crippen LogP contribution in [0.5, 0.6) is 0 Å². The summed E-state index contributed by atoms with van der Waals surface area (Å²) in [7, 11) is 0. The number of hydrogen-bond donors (Lipinski definition) is 8. The lowest BCUT2D eigenvalue weighted by Gasteiger charge is -2.30. The van der Waals surface area contributed by atoms with Crippen molar-refractivity contribution in [2.45, 2.75) is 102 Å². The van der Waals surface area contributed by atoms with Gasteiger partial charge in [-0.05, 0) is 61.3 Å². The van der Waals surface area contributed by atoms with Crippen LogP contribution >= 0.6 is 0 Å². The van der Waals surface area contributed by atoms with Crippen LogP contribution in [0.1, 0.15) is 65.4 Å². The van der Waals surface area contributed by atoms with E-state index in [2.05, 4.69) is 21.3 Å².